The molecule has 0 aromatic carbocycles. The van der Waals surface area contributed by atoms with Crippen LogP contribution in [0.15, 0.2) is 12.1 Å². The zero-order valence-corrected chi connectivity index (χ0v) is 13.7. The van der Waals surface area contributed by atoms with Crippen LogP contribution in [0.1, 0.15) is 5.82 Å². The normalized spacial score (nSPS) is 18.7. The third kappa shape index (κ3) is 2.86. The highest BCUT2D eigenvalue weighted by atomic mass is 16.5. The highest BCUT2D eigenvalue weighted by Gasteiger charge is 2.29. The molecule has 2 aromatic heterocycles. The van der Waals surface area contributed by atoms with Crippen molar-refractivity contribution in [3.8, 4) is 0 Å². The number of ether oxygens (including phenoxy) is 1. The van der Waals surface area contributed by atoms with Crippen molar-refractivity contribution >= 4 is 17.5 Å². The van der Waals surface area contributed by atoms with Gasteiger partial charge in [0.05, 0.1) is 13.2 Å². The second-order valence-corrected chi connectivity index (χ2v) is 6.27. The van der Waals surface area contributed by atoms with Crippen molar-refractivity contribution in [1.82, 2.24) is 30.0 Å². The maximum absolute atomic E-state index is 12.1. The maximum Gasteiger partial charge on any atom is 0.317 e. The van der Waals surface area contributed by atoms with Gasteiger partial charge in [-0.3, -0.25) is 0 Å². The lowest BCUT2D eigenvalue weighted by atomic mass is 10.0. The van der Waals surface area contributed by atoms with E-state index in [4.69, 9.17) is 4.74 Å². The summed E-state index contributed by atoms with van der Waals surface area (Å²) in [7, 11) is 0. The molecule has 1 N–H and O–H groups in total. The van der Waals surface area contributed by atoms with Crippen molar-refractivity contribution in [1.29, 1.82) is 0 Å². The van der Waals surface area contributed by atoms with Crippen molar-refractivity contribution in [3.63, 3.8) is 0 Å². The molecule has 4 heterocycles. The molecular formula is C15H21N7O2. The quantitative estimate of drug-likeness (QED) is 0.846. The first kappa shape index (κ1) is 15.1. The van der Waals surface area contributed by atoms with E-state index in [0.29, 0.717) is 38.8 Å². The molecule has 128 valence electrons. The highest BCUT2D eigenvalue weighted by molar-refractivity contribution is 5.74. The van der Waals surface area contributed by atoms with E-state index in [1.165, 1.54) is 0 Å². The Morgan fingerprint density at radius 1 is 1.29 bits per heavy atom. The Labute approximate surface area is 139 Å². The summed E-state index contributed by atoms with van der Waals surface area (Å²) >= 11 is 0. The van der Waals surface area contributed by atoms with Gasteiger partial charge in [0.1, 0.15) is 5.82 Å². The molecule has 24 heavy (non-hydrogen) atoms. The molecule has 2 amide bonds. The number of hydrogen-bond acceptors (Lipinski definition) is 6. The van der Waals surface area contributed by atoms with Crippen molar-refractivity contribution < 1.29 is 9.53 Å². The number of anilines is 1. The SMILES string of the molecule is Cc1nnc2ccc(N3CC(CNC(=O)N4CCOCC4)C3)nn12. The van der Waals surface area contributed by atoms with Crippen LogP contribution in [0.2, 0.25) is 0 Å². The molecule has 0 unspecified atom stereocenters. The number of fused-ring (bicyclic) bond motifs is 1. The molecule has 0 radical (unpaired) electrons. The lowest BCUT2D eigenvalue weighted by molar-refractivity contribution is 0.0529. The Balaban J connectivity index is 1.28. The number of carbonyl (C=O) groups excluding carboxylic acids is 1. The summed E-state index contributed by atoms with van der Waals surface area (Å²) in [5, 5.41) is 15.6. The number of morpholine rings is 1. The van der Waals surface area contributed by atoms with Gasteiger partial charge in [0, 0.05) is 38.6 Å². The minimum absolute atomic E-state index is 0.0106. The molecule has 4 rings (SSSR count). The van der Waals surface area contributed by atoms with Crippen LogP contribution < -0.4 is 10.2 Å². The van der Waals surface area contributed by atoms with Crippen LogP contribution in [-0.2, 0) is 4.74 Å². The minimum atomic E-state index is 0.0106. The molecular weight excluding hydrogens is 310 g/mol. The number of amides is 2. The topological polar surface area (TPSA) is 87.9 Å². The van der Waals surface area contributed by atoms with Crippen LogP contribution in [0.3, 0.4) is 0 Å². The molecule has 0 atom stereocenters. The van der Waals surface area contributed by atoms with Gasteiger partial charge in [0.25, 0.3) is 0 Å². The summed E-state index contributed by atoms with van der Waals surface area (Å²) in [6, 6.07) is 3.90. The first-order chi connectivity index (χ1) is 11.7. The van der Waals surface area contributed by atoms with E-state index < -0.39 is 0 Å². The molecule has 0 aliphatic carbocycles. The van der Waals surface area contributed by atoms with Crippen LogP contribution >= 0.6 is 0 Å². The molecule has 0 saturated carbocycles. The van der Waals surface area contributed by atoms with Crippen LogP contribution in [0.4, 0.5) is 10.6 Å². The summed E-state index contributed by atoms with van der Waals surface area (Å²) < 4.78 is 7.01. The zero-order valence-electron chi connectivity index (χ0n) is 13.7. The molecule has 0 spiro atoms. The molecule has 2 aromatic rings. The third-order valence-corrected chi connectivity index (χ3v) is 4.53. The van der Waals surface area contributed by atoms with E-state index in [1.54, 1.807) is 4.52 Å². The Bertz CT molecular complexity index is 734. The number of aryl methyl sites for hydroxylation is 1. The summed E-state index contributed by atoms with van der Waals surface area (Å²) in [5.41, 5.74) is 0.756. The fourth-order valence-corrected chi connectivity index (χ4v) is 3.05. The molecule has 9 heteroatoms. The predicted octanol–water partition coefficient (Wildman–Crippen LogP) is -0.0893. The second kappa shape index (κ2) is 6.23. The number of nitrogens with one attached hydrogen (secondary N) is 1. The van der Waals surface area contributed by atoms with Crippen LogP contribution in [-0.4, -0.2) is 76.7 Å². The van der Waals surface area contributed by atoms with E-state index >= 15 is 0 Å². The smallest absolute Gasteiger partial charge is 0.317 e. The first-order valence-corrected chi connectivity index (χ1v) is 8.25. The van der Waals surface area contributed by atoms with Gasteiger partial charge < -0.3 is 19.9 Å². The van der Waals surface area contributed by atoms with E-state index in [0.717, 1.165) is 30.4 Å². The first-order valence-electron chi connectivity index (χ1n) is 8.25. The number of nitrogens with zero attached hydrogens (tertiary/aromatic N) is 6. The van der Waals surface area contributed by atoms with Gasteiger partial charge in [-0.1, -0.05) is 0 Å². The van der Waals surface area contributed by atoms with Gasteiger partial charge in [0.15, 0.2) is 11.5 Å². The Kier molecular flexibility index (Phi) is 3.93. The number of rotatable bonds is 3. The standard InChI is InChI=1S/C15H21N7O2/c1-11-17-18-13-2-3-14(19-22(11)13)21-9-12(10-21)8-16-15(23)20-4-6-24-7-5-20/h2-3,12H,4-10H2,1H3,(H,16,23). The maximum atomic E-state index is 12.1. The minimum Gasteiger partial charge on any atom is -0.378 e. The third-order valence-electron chi connectivity index (χ3n) is 4.53. The van der Waals surface area contributed by atoms with Gasteiger partial charge in [0.2, 0.25) is 0 Å². The molecule has 2 fully saturated rings. The van der Waals surface area contributed by atoms with E-state index in [2.05, 4.69) is 25.5 Å². The van der Waals surface area contributed by atoms with Gasteiger partial charge in [-0.2, -0.15) is 4.52 Å². The molecule has 9 nitrogen and oxygen atoms in total. The number of aromatic nitrogens is 4. The Hall–Kier alpha value is -2.42. The number of carbonyl (C=O) groups is 1. The number of hydrogen-bond donors (Lipinski definition) is 1. The summed E-state index contributed by atoms with van der Waals surface area (Å²) in [5.74, 6) is 2.15. The predicted molar refractivity (Wildman–Crippen MR) is 87.0 cm³/mol. The van der Waals surface area contributed by atoms with Gasteiger partial charge in [-0.15, -0.1) is 15.3 Å². The van der Waals surface area contributed by atoms with Gasteiger partial charge in [-0.05, 0) is 19.1 Å². The van der Waals surface area contributed by atoms with Crippen LogP contribution in [0.25, 0.3) is 5.65 Å². The van der Waals surface area contributed by atoms with Crippen LogP contribution in [0, 0.1) is 12.8 Å². The monoisotopic (exact) mass is 331 g/mol. The highest BCUT2D eigenvalue weighted by Crippen LogP contribution is 2.22. The van der Waals surface area contributed by atoms with E-state index in [-0.39, 0.29) is 6.03 Å². The Morgan fingerprint density at radius 3 is 2.88 bits per heavy atom. The summed E-state index contributed by atoms with van der Waals surface area (Å²) in [4.78, 5) is 16.1. The lowest BCUT2D eigenvalue weighted by Gasteiger charge is -2.40. The van der Waals surface area contributed by atoms with Crippen molar-refractivity contribution in [2.45, 2.75) is 6.92 Å². The van der Waals surface area contributed by atoms with Gasteiger partial charge in [-0.25, -0.2) is 4.79 Å². The van der Waals surface area contributed by atoms with Crippen molar-refractivity contribution in [2.75, 3.05) is 50.8 Å². The van der Waals surface area contributed by atoms with E-state index in [9.17, 15) is 4.79 Å². The Morgan fingerprint density at radius 2 is 2.08 bits per heavy atom. The second-order valence-electron chi connectivity index (χ2n) is 6.27. The van der Waals surface area contributed by atoms with Crippen molar-refractivity contribution in [3.05, 3.63) is 18.0 Å². The molecule has 0 bridgehead atoms. The average molecular weight is 331 g/mol. The van der Waals surface area contributed by atoms with Crippen molar-refractivity contribution in [2.24, 2.45) is 5.92 Å². The average Bonchev–Trinajstić information content (AvgIpc) is 2.95. The fourth-order valence-electron chi connectivity index (χ4n) is 3.05. The van der Waals surface area contributed by atoms with Crippen LogP contribution in [0.5, 0.6) is 0 Å². The largest absolute Gasteiger partial charge is 0.378 e. The molecule has 2 aliphatic heterocycles. The van der Waals surface area contributed by atoms with E-state index in [1.807, 2.05) is 24.0 Å². The fraction of sp³-hybridized carbons (Fsp3) is 0.600. The zero-order chi connectivity index (χ0) is 16.5. The van der Waals surface area contributed by atoms with Gasteiger partial charge >= 0.3 is 6.03 Å². The lowest BCUT2D eigenvalue weighted by Crippen LogP contribution is -2.54. The molecule has 2 saturated heterocycles. The molecule has 2 aliphatic rings. The summed E-state index contributed by atoms with van der Waals surface area (Å²) in [6.45, 7) is 6.96. The number of urea groups is 1. The summed E-state index contributed by atoms with van der Waals surface area (Å²) in [6.07, 6.45) is 0.